The highest BCUT2D eigenvalue weighted by atomic mass is 15.0. The highest BCUT2D eigenvalue weighted by Gasteiger charge is 2.23. The zero-order valence-electron chi connectivity index (χ0n) is 12.0. The minimum Gasteiger partial charge on any atom is -0.346 e. The second-order valence-corrected chi connectivity index (χ2v) is 6.07. The van der Waals surface area contributed by atoms with Crippen LogP contribution in [0, 0.1) is 0 Å². The van der Waals surface area contributed by atoms with Gasteiger partial charge in [-0.3, -0.25) is 0 Å². The summed E-state index contributed by atoms with van der Waals surface area (Å²) in [5.41, 5.74) is 13.1. The molecule has 0 amide bonds. The molecule has 0 radical (unpaired) electrons. The van der Waals surface area contributed by atoms with Gasteiger partial charge in [0.2, 0.25) is 0 Å². The fraction of sp³-hybridized carbons (Fsp3) is 0.412. The van der Waals surface area contributed by atoms with Crippen LogP contribution in [0.4, 0.5) is 0 Å². The van der Waals surface area contributed by atoms with E-state index in [2.05, 4.69) is 55.8 Å². The Kier molecular flexibility index (Phi) is 2.98. The molecular formula is C17H22N2. The number of rotatable bonds is 3. The van der Waals surface area contributed by atoms with Gasteiger partial charge in [-0.1, -0.05) is 26.0 Å². The maximum Gasteiger partial charge on any atom is 0.0519 e. The van der Waals surface area contributed by atoms with Crippen molar-refractivity contribution >= 4 is 0 Å². The third-order valence-electron chi connectivity index (χ3n) is 3.97. The number of fused-ring (bicyclic) bond motifs is 3. The van der Waals surface area contributed by atoms with Gasteiger partial charge in [0, 0.05) is 30.8 Å². The van der Waals surface area contributed by atoms with E-state index in [0.29, 0.717) is 5.92 Å². The Balaban J connectivity index is 2.08. The van der Waals surface area contributed by atoms with Gasteiger partial charge in [-0.15, -0.1) is 0 Å². The summed E-state index contributed by atoms with van der Waals surface area (Å²) in [6.45, 7) is 7.45. The van der Waals surface area contributed by atoms with Gasteiger partial charge in [-0.2, -0.15) is 0 Å². The summed E-state index contributed by atoms with van der Waals surface area (Å²) >= 11 is 0. The first-order chi connectivity index (χ1) is 9.06. The van der Waals surface area contributed by atoms with E-state index in [1.54, 1.807) is 0 Å². The van der Waals surface area contributed by atoms with Crippen molar-refractivity contribution in [2.24, 2.45) is 5.73 Å². The summed E-state index contributed by atoms with van der Waals surface area (Å²) in [6.07, 6.45) is 3.24. The zero-order valence-corrected chi connectivity index (χ0v) is 12.0. The Hall–Kier alpha value is -1.54. The second-order valence-electron chi connectivity index (χ2n) is 6.07. The van der Waals surface area contributed by atoms with Crippen molar-refractivity contribution in [1.29, 1.82) is 0 Å². The number of nitrogens with zero attached hydrogens (tertiary/aromatic N) is 1. The van der Waals surface area contributed by atoms with Gasteiger partial charge in [-0.25, -0.2) is 0 Å². The number of hydrogen-bond acceptors (Lipinski definition) is 1. The molecule has 2 N–H and O–H groups in total. The van der Waals surface area contributed by atoms with Gasteiger partial charge in [0.1, 0.15) is 0 Å². The van der Waals surface area contributed by atoms with Crippen molar-refractivity contribution in [2.45, 2.75) is 45.7 Å². The molecule has 1 aromatic carbocycles. The van der Waals surface area contributed by atoms with E-state index in [4.69, 9.17) is 5.73 Å². The first-order valence-corrected chi connectivity index (χ1v) is 7.13. The fourth-order valence-electron chi connectivity index (χ4n) is 2.98. The van der Waals surface area contributed by atoms with Crippen molar-refractivity contribution in [3.05, 3.63) is 47.2 Å². The first-order valence-electron chi connectivity index (χ1n) is 7.13. The van der Waals surface area contributed by atoms with Crippen molar-refractivity contribution in [2.75, 3.05) is 0 Å². The van der Waals surface area contributed by atoms with Gasteiger partial charge in [-0.05, 0) is 41.7 Å². The molecule has 2 nitrogen and oxygen atoms in total. The van der Waals surface area contributed by atoms with E-state index in [1.807, 2.05) is 0 Å². The van der Waals surface area contributed by atoms with E-state index in [-0.39, 0.29) is 6.04 Å². The molecule has 0 aliphatic heterocycles. The monoisotopic (exact) mass is 254 g/mol. The minimum absolute atomic E-state index is 0.189. The molecule has 1 atom stereocenters. The van der Waals surface area contributed by atoms with Crippen molar-refractivity contribution in [3.8, 4) is 11.3 Å². The van der Waals surface area contributed by atoms with Crippen LogP contribution in [0.3, 0.4) is 0 Å². The topological polar surface area (TPSA) is 30.9 Å². The smallest absolute Gasteiger partial charge is 0.0519 e. The van der Waals surface area contributed by atoms with Crippen molar-refractivity contribution < 1.29 is 0 Å². The lowest BCUT2D eigenvalue weighted by atomic mass is 9.98. The summed E-state index contributed by atoms with van der Waals surface area (Å²) in [6, 6.07) is 9.36. The molecule has 19 heavy (non-hydrogen) atoms. The van der Waals surface area contributed by atoms with E-state index in [1.165, 1.54) is 27.9 Å². The Labute approximate surface area is 115 Å². The zero-order chi connectivity index (χ0) is 13.6. The number of benzene rings is 1. The lowest BCUT2D eigenvalue weighted by Crippen LogP contribution is -2.22. The lowest BCUT2D eigenvalue weighted by molar-refractivity contribution is 0.596. The Morgan fingerprint density at radius 2 is 1.95 bits per heavy atom. The molecular weight excluding hydrogens is 232 g/mol. The molecule has 0 fully saturated rings. The summed E-state index contributed by atoms with van der Waals surface area (Å²) in [4.78, 5) is 0. The lowest BCUT2D eigenvalue weighted by Gasteiger charge is -2.13. The van der Waals surface area contributed by atoms with Gasteiger partial charge in [0.25, 0.3) is 0 Å². The average molecular weight is 254 g/mol. The van der Waals surface area contributed by atoms with Gasteiger partial charge >= 0.3 is 0 Å². The van der Waals surface area contributed by atoms with E-state index < -0.39 is 0 Å². The molecule has 0 bridgehead atoms. The fourth-order valence-corrected chi connectivity index (χ4v) is 2.98. The minimum atomic E-state index is 0.189. The maximum absolute atomic E-state index is 5.95. The van der Waals surface area contributed by atoms with E-state index >= 15 is 0 Å². The first kappa shape index (κ1) is 12.5. The van der Waals surface area contributed by atoms with Crippen LogP contribution in [0.5, 0.6) is 0 Å². The van der Waals surface area contributed by atoms with E-state index in [0.717, 1.165) is 13.0 Å². The molecule has 3 rings (SSSR count). The molecule has 1 aliphatic rings. The van der Waals surface area contributed by atoms with Gasteiger partial charge in [0.15, 0.2) is 0 Å². The predicted molar refractivity (Wildman–Crippen MR) is 80.4 cm³/mol. The molecule has 0 unspecified atom stereocenters. The Morgan fingerprint density at radius 3 is 2.63 bits per heavy atom. The quantitative estimate of drug-likeness (QED) is 0.761. The maximum atomic E-state index is 5.95. The van der Waals surface area contributed by atoms with Crippen LogP contribution in [-0.2, 0) is 13.0 Å². The molecule has 1 heterocycles. The summed E-state index contributed by atoms with van der Waals surface area (Å²) in [7, 11) is 0. The average Bonchev–Trinajstić information content (AvgIpc) is 2.87. The summed E-state index contributed by atoms with van der Waals surface area (Å²) < 4.78 is 2.32. The third kappa shape index (κ3) is 2.10. The Morgan fingerprint density at radius 1 is 1.16 bits per heavy atom. The number of nitrogens with two attached hydrogens (primary N) is 1. The molecule has 0 spiro atoms. The normalized spacial score (nSPS) is 14.6. The van der Waals surface area contributed by atoms with Gasteiger partial charge < -0.3 is 10.3 Å². The molecule has 1 aromatic heterocycles. The van der Waals surface area contributed by atoms with Crippen LogP contribution in [0.15, 0.2) is 30.5 Å². The van der Waals surface area contributed by atoms with Gasteiger partial charge in [0.05, 0.1) is 5.69 Å². The molecule has 1 aliphatic carbocycles. The SMILES string of the molecule is CC(C)c1ccc2c(c1)-c1c(ccn1C[C@@H](C)N)C2. The van der Waals surface area contributed by atoms with Crippen LogP contribution < -0.4 is 5.73 Å². The summed E-state index contributed by atoms with van der Waals surface area (Å²) in [5, 5.41) is 0. The van der Waals surface area contributed by atoms with Crippen LogP contribution in [0.25, 0.3) is 11.3 Å². The molecule has 100 valence electrons. The largest absolute Gasteiger partial charge is 0.346 e. The second kappa shape index (κ2) is 4.53. The highest BCUT2D eigenvalue weighted by Crippen LogP contribution is 2.38. The number of aromatic nitrogens is 1. The van der Waals surface area contributed by atoms with Crippen molar-refractivity contribution in [3.63, 3.8) is 0 Å². The van der Waals surface area contributed by atoms with Crippen LogP contribution >= 0.6 is 0 Å². The number of hydrogen-bond donors (Lipinski definition) is 1. The van der Waals surface area contributed by atoms with Crippen LogP contribution in [0.1, 0.15) is 43.4 Å². The molecule has 2 aromatic rings. The standard InChI is InChI=1S/C17H22N2/c1-11(2)13-4-5-14-8-15-6-7-19(10-12(3)18)17(15)16(14)9-13/h4-7,9,11-12H,8,10,18H2,1-3H3/t12-/m1/s1. The van der Waals surface area contributed by atoms with Crippen LogP contribution in [0.2, 0.25) is 0 Å². The van der Waals surface area contributed by atoms with E-state index in [9.17, 15) is 0 Å². The summed E-state index contributed by atoms with van der Waals surface area (Å²) in [5.74, 6) is 0.575. The molecule has 2 heteroatoms. The highest BCUT2D eigenvalue weighted by molar-refractivity contribution is 5.75. The Bertz CT molecular complexity index is 606. The predicted octanol–water partition coefficient (Wildman–Crippen LogP) is 3.53. The molecule has 0 saturated carbocycles. The van der Waals surface area contributed by atoms with Crippen LogP contribution in [-0.4, -0.2) is 10.6 Å². The molecule has 0 saturated heterocycles. The van der Waals surface area contributed by atoms with Crippen molar-refractivity contribution in [1.82, 2.24) is 4.57 Å². The third-order valence-corrected chi connectivity index (χ3v) is 3.97.